The van der Waals surface area contributed by atoms with Crippen LogP contribution in [0.3, 0.4) is 0 Å². The highest BCUT2D eigenvalue weighted by molar-refractivity contribution is 7.81. The van der Waals surface area contributed by atoms with Gasteiger partial charge < -0.3 is 14.2 Å². The van der Waals surface area contributed by atoms with E-state index in [1.165, 1.54) is 18.2 Å². The molecular formula is C14H9F4NO5S. The number of hydrogen-bond donors (Lipinski definition) is 1. The molecular weight excluding hydrogens is 370 g/mol. The maximum absolute atomic E-state index is 12.6. The van der Waals surface area contributed by atoms with Crippen molar-refractivity contribution in [2.75, 3.05) is 5.32 Å². The lowest BCUT2D eigenvalue weighted by Crippen LogP contribution is -2.17. The summed E-state index contributed by atoms with van der Waals surface area (Å²) in [6, 6.07) is 9.15. The normalized spacial score (nSPS) is 11.7. The van der Waals surface area contributed by atoms with Crippen molar-refractivity contribution in [3.8, 4) is 11.5 Å². The summed E-state index contributed by atoms with van der Waals surface area (Å²) in [7, 11) is -5.33. The molecule has 0 aromatic heterocycles. The molecule has 0 radical (unpaired) electrons. The van der Waals surface area contributed by atoms with Crippen LogP contribution in [0.5, 0.6) is 11.5 Å². The number of nitrogens with one attached hydrogen (secondary N) is 1. The Bertz CT molecular complexity index is 866. The molecule has 0 saturated heterocycles. The van der Waals surface area contributed by atoms with Gasteiger partial charge in [0.2, 0.25) is 0 Å². The van der Waals surface area contributed by atoms with Gasteiger partial charge in [0.15, 0.2) is 5.75 Å². The summed E-state index contributed by atoms with van der Waals surface area (Å²) in [5, 5.41) is 2.30. The minimum atomic E-state index is -5.33. The van der Waals surface area contributed by atoms with Crippen molar-refractivity contribution < 1.29 is 39.2 Å². The second kappa shape index (κ2) is 6.97. The van der Waals surface area contributed by atoms with Gasteiger partial charge in [0, 0.05) is 5.69 Å². The molecule has 1 amide bonds. The molecule has 0 aliphatic carbocycles. The van der Waals surface area contributed by atoms with Gasteiger partial charge in [-0.3, -0.25) is 4.79 Å². The lowest BCUT2D eigenvalue weighted by Gasteiger charge is -2.11. The first-order valence-electron chi connectivity index (χ1n) is 6.44. The second-order valence-electron chi connectivity index (χ2n) is 4.50. The number of halogens is 4. The van der Waals surface area contributed by atoms with Gasteiger partial charge in [-0.05, 0) is 36.4 Å². The zero-order valence-corrected chi connectivity index (χ0v) is 12.9. The maximum atomic E-state index is 12.6. The standard InChI is InChI=1S/C14H9F4NO5S/c15-14(16,17)23-10-7-5-9(6-8-10)19-13(20)11-3-1-2-4-12(11)24-25(18,21)22/h1-8H,(H,19,20). The third-order valence-electron chi connectivity index (χ3n) is 2.67. The molecule has 1 N–H and O–H groups in total. The summed E-state index contributed by atoms with van der Waals surface area (Å²) < 4.78 is 77.7. The minimum Gasteiger partial charge on any atom is -0.406 e. The molecule has 2 aromatic rings. The van der Waals surface area contributed by atoms with Crippen molar-refractivity contribution in [1.29, 1.82) is 0 Å². The van der Waals surface area contributed by atoms with Crippen LogP contribution < -0.4 is 14.2 Å². The summed E-state index contributed by atoms with van der Waals surface area (Å²) in [5.41, 5.74) is -0.197. The second-order valence-corrected chi connectivity index (χ2v) is 5.45. The van der Waals surface area contributed by atoms with Crippen LogP contribution in [-0.2, 0) is 10.5 Å². The zero-order valence-electron chi connectivity index (χ0n) is 12.1. The Labute approximate surface area is 139 Å². The average molecular weight is 379 g/mol. The molecule has 0 aliphatic heterocycles. The zero-order chi connectivity index (χ0) is 18.7. The van der Waals surface area contributed by atoms with Crippen molar-refractivity contribution in [1.82, 2.24) is 0 Å². The number of carbonyl (C=O) groups is 1. The molecule has 0 bridgehead atoms. The number of para-hydroxylation sites is 1. The number of rotatable bonds is 5. The Morgan fingerprint density at radius 1 is 1.00 bits per heavy atom. The summed E-state index contributed by atoms with van der Waals surface area (Å²) in [6.07, 6.45) is -4.85. The number of benzene rings is 2. The van der Waals surface area contributed by atoms with Crippen LogP contribution in [0.2, 0.25) is 0 Å². The van der Waals surface area contributed by atoms with Gasteiger partial charge in [-0.15, -0.1) is 13.2 Å². The number of ether oxygens (including phenoxy) is 1. The molecule has 0 aliphatic rings. The molecule has 0 fully saturated rings. The molecule has 0 heterocycles. The summed E-state index contributed by atoms with van der Waals surface area (Å²) in [4.78, 5) is 12.1. The summed E-state index contributed by atoms with van der Waals surface area (Å²) >= 11 is 0. The van der Waals surface area contributed by atoms with Gasteiger partial charge in [-0.1, -0.05) is 16.0 Å². The molecule has 25 heavy (non-hydrogen) atoms. The van der Waals surface area contributed by atoms with Crippen molar-refractivity contribution in [3.05, 3.63) is 54.1 Å². The van der Waals surface area contributed by atoms with Gasteiger partial charge in [-0.2, -0.15) is 8.42 Å². The lowest BCUT2D eigenvalue weighted by atomic mass is 10.2. The van der Waals surface area contributed by atoms with Crippen LogP contribution in [0.25, 0.3) is 0 Å². The van der Waals surface area contributed by atoms with Gasteiger partial charge >= 0.3 is 16.9 Å². The van der Waals surface area contributed by atoms with Crippen LogP contribution in [0.4, 0.5) is 22.7 Å². The minimum absolute atomic E-state index is 0.0948. The molecule has 11 heteroatoms. The van der Waals surface area contributed by atoms with Gasteiger partial charge in [0.1, 0.15) is 5.75 Å². The molecule has 0 spiro atoms. The highest BCUT2D eigenvalue weighted by Crippen LogP contribution is 2.25. The predicted octanol–water partition coefficient (Wildman–Crippen LogP) is 3.43. The van der Waals surface area contributed by atoms with Crippen LogP contribution in [0.15, 0.2) is 48.5 Å². The maximum Gasteiger partial charge on any atom is 0.573 e. The van der Waals surface area contributed by atoms with Gasteiger partial charge in [0.25, 0.3) is 5.91 Å². The molecule has 134 valence electrons. The SMILES string of the molecule is O=C(Nc1ccc(OC(F)(F)F)cc1)c1ccccc1OS(=O)(=O)F. The number of alkyl halides is 3. The number of hydrogen-bond acceptors (Lipinski definition) is 5. The fraction of sp³-hybridized carbons (Fsp3) is 0.0714. The third-order valence-corrected chi connectivity index (χ3v) is 3.05. The highest BCUT2D eigenvalue weighted by atomic mass is 32.3. The number of anilines is 1. The topological polar surface area (TPSA) is 81.7 Å². The van der Waals surface area contributed by atoms with Crippen molar-refractivity contribution in [2.45, 2.75) is 6.36 Å². The Hall–Kier alpha value is -2.82. The van der Waals surface area contributed by atoms with E-state index in [-0.39, 0.29) is 11.3 Å². The van der Waals surface area contributed by atoms with E-state index in [2.05, 4.69) is 14.2 Å². The van der Waals surface area contributed by atoms with Gasteiger partial charge in [0.05, 0.1) is 5.56 Å². The van der Waals surface area contributed by atoms with Crippen molar-refractivity contribution >= 4 is 22.1 Å². The van der Waals surface area contributed by atoms with Crippen LogP contribution >= 0.6 is 0 Å². The first-order valence-corrected chi connectivity index (χ1v) is 7.75. The molecule has 0 atom stereocenters. The van der Waals surface area contributed by atoms with Crippen molar-refractivity contribution in [2.24, 2.45) is 0 Å². The predicted molar refractivity (Wildman–Crippen MR) is 78.2 cm³/mol. The van der Waals surface area contributed by atoms with Crippen LogP contribution in [0, 0.1) is 0 Å². The van der Waals surface area contributed by atoms with E-state index in [0.717, 1.165) is 30.3 Å². The highest BCUT2D eigenvalue weighted by Gasteiger charge is 2.31. The Balaban J connectivity index is 2.15. The first-order chi connectivity index (χ1) is 11.5. The molecule has 0 unspecified atom stereocenters. The molecule has 0 saturated carbocycles. The summed E-state index contributed by atoms with van der Waals surface area (Å²) in [6.45, 7) is 0. The Kier molecular flexibility index (Phi) is 5.16. The van der Waals surface area contributed by atoms with Crippen LogP contribution in [-0.4, -0.2) is 20.7 Å². The number of amides is 1. The van der Waals surface area contributed by atoms with E-state index < -0.39 is 34.3 Å². The summed E-state index contributed by atoms with van der Waals surface area (Å²) in [5.74, 6) is -1.89. The largest absolute Gasteiger partial charge is 0.573 e. The fourth-order valence-corrected chi connectivity index (χ4v) is 2.13. The van der Waals surface area contributed by atoms with E-state index in [1.54, 1.807) is 0 Å². The monoisotopic (exact) mass is 379 g/mol. The average Bonchev–Trinajstić information content (AvgIpc) is 2.46. The number of carbonyl (C=O) groups excluding carboxylic acids is 1. The van der Waals surface area contributed by atoms with Crippen molar-refractivity contribution in [3.63, 3.8) is 0 Å². The van der Waals surface area contributed by atoms with E-state index in [9.17, 15) is 30.3 Å². The lowest BCUT2D eigenvalue weighted by molar-refractivity contribution is -0.274. The first kappa shape index (κ1) is 18.5. The smallest absolute Gasteiger partial charge is 0.406 e. The van der Waals surface area contributed by atoms with E-state index in [0.29, 0.717) is 0 Å². The van der Waals surface area contributed by atoms with E-state index in [4.69, 9.17) is 0 Å². The quantitative estimate of drug-likeness (QED) is 0.636. The third kappa shape index (κ3) is 5.95. The Morgan fingerprint density at radius 3 is 2.16 bits per heavy atom. The molecule has 2 aromatic carbocycles. The van der Waals surface area contributed by atoms with Gasteiger partial charge in [-0.25, -0.2) is 0 Å². The molecule has 6 nitrogen and oxygen atoms in total. The van der Waals surface area contributed by atoms with E-state index >= 15 is 0 Å². The fourth-order valence-electron chi connectivity index (χ4n) is 1.77. The Morgan fingerprint density at radius 2 is 1.60 bits per heavy atom. The molecule has 2 rings (SSSR count). The van der Waals surface area contributed by atoms with E-state index in [1.807, 2.05) is 0 Å². The van der Waals surface area contributed by atoms with Crippen LogP contribution in [0.1, 0.15) is 10.4 Å².